The van der Waals surface area contributed by atoms with E-state index in [0.29, 0.717) is 12.8 Å². The molecule has 2 amide bonds. The minimum atomic E-state index is -0.953. The molecule has 2 aromatic carbocycles. The van der Waals surface area contributed by atoms with Gasteiger partial charge in [0.1, 0.15) is 5.41 Å². The molecule has 0 spiro atoms. The Morgan fingerprint density at radius 2 is 1.55 bits per heavy atom. The number of anilines is 3. The molecule has 4 rings (SSSR count). The molecule has 1 saturated heterocycles. The molecule has 1 aliphatic heterocycles. The lowest BCUT2D eigenvalue weighted by atomic mass is 9.99. The Morgan fingerprint density at radius 1 is 0.931 bits per heavy atom. The Balaban J connectivity index is 1.37. The molecule has 2 N–H and O–H groups in total. The van der Waals surface area contributed by atoms with E-state index in [9.17, 15) is 9.59 Å². The number of amides is 2. The summed E-state index contributed by atoms with van der Waals surface area (Å²) in [5, 5.41) is 5.84. The van der Waals surface area contributed by atoms with Gasteiger partial charge in [-0.15, -0.1) is 0 Å². The van der Waals surface area contributed by atoms with E-state index >= 15 is 0 Å². The summed E-state index contributed by atoms with van der Waals surface area (Å²) in [6, 6.07) is 15.6. The topological polar surface area (TPSA) is 61.4 Å². The van der Waals surface area contributed by atoms with Crippen LogP contribution in [-0.2, 0) is 9.59 Å². The van der Waals surface area contributed by atoms with Crippen molar-refractivity contribution in [1.29, 1.82) is 0 Å². The third-order valence-corrected chi connectivity index (χ3v) is 6.17. The van der Waals surface area contributed by atoms with Crippen LogP contribution in [0.25, 0.3) is 0 Å². The number of carbonyl (C=O) groups excluding carboxylic acids is 2. The maximum Gasteiger partial charge on any atom is 0.240 e. The predicted molar refractivity (Wildman–Crippen MR) is 117 cm³/mol. The number of hydrogen-bond donors (Lipinski definition) is 2. The smallest absolute Gasteiger partial charge is 0.240 e. The number of aryl methyl sites for hydroxylation is 1. The van der Waals surface area contributed by atoms with Crippen molar-refractivity contribution in [3.63, 3.8) is 0 Å². The fraction of sp³-hybridized carbons (Fsp3) is 0.417. The summed E-state index contributed by atoms with van der Waals surface area (Å²) >= 11 is 0. The Labute approximate surface area is 172 Å². The van der Waals surface area contributed by atoms with E-state index in [0.717, 1.165) is 35.9 Å². The quantitative estimate of drug-likeness (QED) is 0.733. The van der Waals surface area contributed by atoms with E-state index < -0.39 is 5.41 Å². The molecule has 2 aliphatic rings. The van der Waals surface area contributed by atoms with Gasteiger partial charge in [-0.1, -0.05) is 19.1 Å². The molecule has 2 aromatic rings. The molecule has 1 saturated carbocycles. The molecule has 5 nitrogen and oxygen atoms in total. The van der Waals surface area contributed by atoms with Gasteiger partial charge in [-0.25, -0.2) is 0 Å². The highest BCUT2D eigenvalue weighted by atomic mass is 16.2. The normalized spacial score (nSPS) is 18.2. The number of nitrogens with zero attached hydrogens (tertiary/aromatic N) is 1. The SMILES string of the molecule is Cc1cccc(NC(=O)C2(C(=O)Nc3ccc(N4CCC(C)CC4)cc3)CC2)c1. The minimum absolute atomic E-state index is 0.220. The van der Waals surface area contributed by atoms with Gasteiger partial charge in [-0.3, -0.25) is 9.59 Å². The molecule has 0 unspecified atom stereocenters. The fourth-order valence-corrected chi connectivity index (χ4v) is 3.93. The summed E-state index contributed by atoms with van der Waals surface area (Å²) in [6.07, 6.45) is 3.61. The first-order valence-corrected chi connectivity index (χ1v) is 10.5. The molecule has 1 aliphatic carbocycles. The van der Waals surface area contributed by atoms with Gasteiger partial charge in [-0.2, -0.15) is 0 Å². The molecular weight excluding hydrogens is 362 g/mol. The lowest BCUT2D eigenvalue weighted by Gasteiger charge is -2.32. The van der Waals surface area contributed by atoms with Gasteiger partial charge in [-0.05, 0) is 80.5 Å². The lowest BCUT2D eigenvalue weighted by molar-refractivity contribution is -0.131. The molecule has 29 heavy (non-hydrogen) atoms. The minimum Gasteiger partial charge on any atom is -0.372 e. The summed E-state index contributed by atoms with van der Waals surface area (Å²) in [7, 11) is 0. The van der Waals surface area contributed by atoms with Gasteiger partial charge in [0, 0.05) is 30.2 Å². The van der Waals surface area contributed by atoms with Crippen molar-refractivity contribution in [3.05, 3.63) is 54.1 Å². The first-order chi connectivity index (χ1) is 14.0. The van der Waals surface area contributed by atoms with Crippen molar-refractivity contribution in [2.24, 2.45) is 11.3 Å². The van der Waals surface area contributed by atoms with E-state index in [-0.39, 0.29) is 11.8 Å². The molecule has 2 fully saturated rings. The van der Waals surface area contributed by atoms with Gasteiger partial charge in [0.2, 0.25) is 11.8 Å². The van der Waals surface area contributed by atoms with Gasteiger partial charge >= 0.3 is 0 Å². The van der Waals surface area contributed by atoms with Crippen LogP contribution in [0.5, 0.6) is 0 Å². The summed E-state index contributed by atoms with van der Waals surface area (Å²) in [4.78, 5) is 28.0. The first-order valence-electron chi connectivity index (χ1n) is 10.5. The van der Waals surface area contributed by atoms with E-state index in [1.807, 2.05) is 43.3 Å². The Morgan fingerprint density at radius 3 is 2.14 bits per heavy atom. The average molecular weight is 392 g/mol. The van der Waals surface area contributed by atoms with Crippen LogP contribution in [-0.4, -0.2) is 24.9 Å². The summed E-state index contributed by atoms with van der Waals surface area (Å²) in [6.45, 7) is 6.44. The Hall–Kier alpha value is -2.82. The van der Waals surface area contributed by atoms with E-state index in [4.69, 9.17) is 0 Å². The number of benzene rings is 2. The summed E-state index contributed by atoms with van der Waals surface area (Å²) in [5.41, 5.74) is 2.77. The van der Waals surface area contributed by atoms with Crippen LogP contribution in [0.4, 0.5) is 17.1 Å². The Kier molecular flexibility index (Phi) is 5.31. The molecule has 5 heteroatoms. The largest absolute Gasteiger partial charge is 0.372 e. The second-order valence-electron chi connectivity index (χ2n) is 8.58. The van der Waals surface area contributed by atoms with Gasteiger partial charge < -0.3 is 15.5 Å². The number of piperidine rings is 1. The monoisotopic (exact) mass is 391 g/mol. The maximum atomic E-state index is 12.8. The lowest BCUT2D eigenvalue weighted by Crippen LogP contribution is -2.35. The highest BCUT2D eigenvalue weighted by molar-refractivity contribution is 6.16. The third-order valence-electron chi connectivity index (χ3n) is 6.17. The van der Waals surface area contributed by atoms with Crippen molar-refractivity contribution in [1.82, 2.24) is 0 Å². The van der Waals surface area contributed by atoms with Crippen LogP contribution >= 0.6 is 0 Å². The van der Waals surface area contributed by atoms with Crippen LogP contribution in [0.15, 0.2) is 48.5 Å². The number of nitrogens with one attached hydrogen (secondary N) is 2. The third kappa shape index (κ3) is 4.29. The molecule has 152 valence electrons. The Bertz CT molecular complexity index is 895. The van der Waals surface area contributed by atoms with Crippen molar-refractivity contribution in [2.45, 2.75) is 39.5 Å². The van der Waals surface area contributed by atoms with Gasteiger partial charge in [0.05, 0.1) is 0 Å². The molecule has 0 bridgehead atoms. The second kappa shape index (κ2) is 7.90. The molecular formula is C24H29N3O2. The van der Waals surface area contributed by atoms with Crippen molar-refractivity contribution in [2.75, 3.05) is 28.6 Å². The van der Waals surface area contributed by atoms with Gasteiger partial charge in [0.15, 0.2) is 0 Å². The van der Waals surface area contributed by atoms with Crippen molar-refractivity contribution >= 4 is 28.9 Å². The van der Waals surface area contributed by atoms with Crippen LogP contribution < -0.4 is 15.5 Å². The number of carbonyl (C=O) groups is 2. The van der Waals surface area contributed by atoms with Crippen LogP contribution in [0.3, 0.4) is 0 Å². The molecule has 0 aromatic heterocycles. The standard InChI is InChI=1S/C24H29N3O2/c1-17-10-14-27(15-11-17)21-8-6-19(7-9-21)25-22(28)24(12-13-24)23(29)26-20-5-3-4-18(2)16-20/h3-9,16-17H,10-15H2,1-2H3,(H,25,28)(H,26,29). The first kappa shape index (κ1) is 19.5. The van der Waals surface area contributed by atoms with Crippen molar-refractivity contribution < 1.29 is 9.59 Å². The number of rotatable bonds is 5. The van der Waals surface area contributed by atoms with E-state index in [2.05, 4.69) is 34.6 Å². The van der Waals surface area contributed by atoms with E-state index in [1.54, 1.807) is 0 Å². The van der Waals surface area contributed by atoms with Crippen LogP contribution in [0.1, 0.15) is 38.2 Å². The number of hydrogen-bond acceptors (Lipinski definition) is 3. The highest BCUT2D eigenvalue weighted by Gasteiger charge is 2.56. The average Bonchev–Trinajstić information content (AvgIpc) is 3.52. The summed E-state index contributed by atoms with van der Waals surface area (Å²) in [5.74, 6) is 0.354. The fourth-order valence-electron chi connectivity index (χ4n) is 3.93. The molecule has 0 radical (unpaired) electrons. The molecule has 0 atom stereocenters. The van der Waals surface area contributed by atoms with E-state index in [1.165, 1.54) is 18.5 Å². The maximum absolute atomic E-state index is 12.8. The highest BCUT2D eigenvalue weighted by Crippen LogP contribution is 2.47. The second-order valence-corrected chi connectivity index (χ2v) is 8.58. The van der Waals surface area contributed by atoms with Gasteiger partial charge in [0.25, 0.3) is 0 Å². The zero-order valence-electron chi connectivity index (χ0n) is 17.2. The predicted octanol–water partition coefficient (Wildman–Crippen LogP) is 4.59. The zero-order chi connectivity index (χ0) is 20.4. The van der Waals surface area contributed by atoms with Crippen LogP contribution in [0.2, 0.25) is 0 Å². The molecule has 1 heterocycles. The zero-order valence-corrected chi connectivity index (χ0v) is 17.2. The summed E-state index contributed by atoms with van der Waals surface area (Å²) < 4.78 is 0. The van der Waals surface area contributed by atoms with Crippen molar-refractivity contribution in [3.8, 4) is 0 Å². The van der Waals surface area contributed by atoms with Crippen LogP contribution in [0, 0.1) is 18.3 Å².